The molecule has 27 heavy (non-hydrogen) atoms. The highest BCUT2D eigenvalue weighted by Crippen LogP contribution is 2.24. The minimum Gasteiger partial charge on any atom is -0.368 e. The van der Waals surface area contributed by atoms with Crippen molar-refractivity contribution in [3.8, 4) is 0 Å². The first kappa shape index (κ1) is 18.4. The predicted molar refractivity (Wildman–Crippen MR) is 108 cm³/mol. The summed E-state index contributed by atoms with van der Waals surface area (Å²) in [5, 5.41) is 7.26. The van der Waals surface area contributed by atoms with Crippen LogP contribution in [-0.4, -0.2) is 26.4 Å². The molecule has 0 bridgehead atoms. The normalized spacial score (nSPS) is 11.6. The highest BCUT2D eigenvalue weighted by atomic mass is 16.5. The Morgan fingerprint density at radius 1 is 1.37 bits per heavy atom. The lowest BCUT2D eigenvalue weighted by Gasteiger charge is -2.11. The minimum absolute atomic E-state index is 0.209. The van der Waals surface area contributed by atoms with Gasteiger partial charge in [0.1, 0.15) is 17.0 Å². The van der Waals surface area contributed by atoms with Gasteiger partial charge in [0.05, 0.1) is 24.3 Å². The average Bonchev–Trinajstić information content (AvgIpc) is 3.22. The molecule has 3 aromatic rings. The molecule has 3 heterocycles. The Balaban J connectivity index is 1.93. The number of allylic oxidation sites excluding steroid dienone is 4. The summed E-state index contributed by atoms with van der Waals surface area (Å²) in [5.41, 5.74) is 10.3. The van der Waals surface area contributed by atoms with Crippen LogP contribution in [0.5, 0.6) is 0 Å². The largest absolute Gasteiger partial charge is 0.368 e. The molecule has 0 aliphatic rings. The van der Waals surface area contributed by atoms with Crippen LogP contribution in [0.2, 0.25) is 0 Å². The molecule has 8 nitrogen and oxygen atoms in total. The van der Waals surface area contributed by atoms with E-state index in [4.69, 9.17) is 10.3 Å². The van der Waals surface area contributed by atoms with Crippen LogP contribution in [-0.2, 0) is 13.1 Å². The second kappa shape index (κ2) is 7.86. The van der Waals surface area contributed by atoms with Crippen molar-refractivity contribution < 1.29 is 4.52 Å². The van der Waals surface area contributed by atoms with E-state index < -0.39 is 0 Å². The van der Waals surface area contributed by atoms with E-state index in [0.29, 0.717) is 18.9 Å². The Morgan fingerprint density at radius 3 is 2.85 bits per heavy atom. The summed E-state index contributed by atoms with van der Waals surface area (Å²) < 4.78 is 7.12. The summed E-state index contributed by atoms with van der Waals surface area (Å²) in [6.45, 7) is 10.6. The maximum Gasteiger partial charge on any atom is 0.222 e. The third kappa shape index (κ3) is 4.41. The Bertz CT molecular complexity index is 1020. The fourth-order valence-corrected chi connectivity index (χ4v) is 2.65. The van der Waals surface area contributed by atoms with E-state index in [-0.39, 0.29) is 5.95 Å². The van der Waals surface area contributed by atoms with Crippen molar-refractivity contribution in [1.29, 1.82) is 0 Å². The Hall–Kier alpha value is -3.42. The monoisotopic (exact) mass is 365 g/mol. The van der Waals surface area contributed by atoms with Crippen molar-refractivity contribution in [1.82, 2.24) is 19.7 Å². The first-order valence-corrected chi connectivity index (χ1v) is 8.55. The van der Waals surface area contributed by atoms with Gasteiger partial charge in [-0.1, -0.05) is 16.8 Å². The van der Waals surface area contributed by atoms with Crippen molar-refractivity contribution in [3.63, 3.8) is 0 Å². The van der Waals surface area contributed by atoms with Gasteiger partial charge in [0.2, 0.25) is 5.95 Å². The second-order valence-electron chi connectivity index (χ2n) is 6.45. The van der Waals surface area contributed by atoms with Crippen LogP contribution in [0.1, 0.15) is 25.3 Å². The minimum atomic E-state index is 0.209. The quantitative estimate of drug-likeness (QED) is 0.490. The Labute approximate surface area is 157 Å². The summed E-state index contributed by atoms with van der Waals surface area (Å²) in [6.07, 6.45) is 5.90. The average molecular weight is 365 g/mol. The standard InChI is InChI=1S/C19H23N7O/c1-12(2)5-6-14(21-4)11-26-8-7-16-17(26)18(24-19(20)23-16)22-10-15-9-13(3)27-25-15/h5-9H,4,10-11H2,1-3H3,(H3,20,22,23,24)/b14-6-. The molecular weight excluding hydrogens is 342 g/mol. The molecule has 0 radical (unpaired) electrons. The van der Waals surface area contributed by atoms with Crippen LogP contribution in [0.3, 0.4) is 0 Å². The molecule has 0 aromatic carbocycles. The van der Waals surface area contributed by atoms with Gasteiger partial charge in [0, 0.05) is 12.3 Å². The molecule has 0 saturated carbocycles. The molecule has 0 unspecified atom stereocenters. The van der Waals surface area contributed by atoms with Gasteiger partial charge >= 0.3 is 0 Å². The zero-order chi connectivity index (χ0) is 19.4. The molecule has 3 N–H and O–H groups in total. The lowest BCUT2D eigenvalue weighted by molar-refractivity contribution is 0.391. The van der Waals surface area contributed by atoms with E-state index in [2.05, 4.69) is 32.2 Å². The smallest absolute Gasteiger partial charge is 0.222 e. The molecule has 3 rings (SSSR count). The number of aromatic nitrogens is 4. The van der Waals surface area contributed by atoms with Gasteiger partial charge in [-0.2, -0.15) is 4.98 Å². The number of fused-ring (bicyclic) bond motifs is 1. The van der Waals surface area contributed by atoms with Gasteiger partial charge in [-0.15, -0.1) is 0 Å². The lowest BCUT2D eigenvalue weighted by Crippen LogP contribution is -2.08. The molecule has 140 valence electrons. The Morgan fingerprint density at radius 2 is 2.19 bits per heavy atom. The fourth-order valence-electron chi connectivity index (χ4n) is 2.65. The third-order valence-electron chi connectivity index (χ3n) is 3.89. The third-order valence-corrected chi connectivity index (χ3v) is 3.89. The second-order valence-corrected chi connectivity index (χ2v) is 6.45. The molecule has 0 aliphatic carbocycles. The SMILES string of the molecule is C=N/C(=C\C=C(C)C)Cn1ccc2nc(N)nc(NCc3cc(C)on3)c21. The summed E-state index contributed by atoms with van der Waals surface area (Å²) in [7, 11) is 0. The molecule has 0 saturated heterocycles. The fraction of sp³-hybridized carbons (Fsp3) is 0.263. The van der Waals surface area contributed by atoms with Crippen molar-refractivity contribution in [2.24, 2.45) is 4.99 Å². The van der Waals surface area contributed by atoms with E-state index in [1.807, 2.05) is 55.8 Å². The van der Waals surface area contributed by atoms with Gasteiger partial charge in [-0.3, -0.25) is 4.99 Å². The van der Waals surface area contributed by atoms with Crippen LogP contribution in [0.25, 0.3) is 11.0 Å². The van der Waals surface area contributed by atoms with Crippen LogP contribution in [0.4, 0.5) is 11.8 Å². The molecule has 0 spiro atoms. The highest BCUT2D eigenvalue weighted by Gasteiger charge is 2.13. The number of aryl methyl sites for hydroxylation is 1. The molecule has 0 aliphatic heterocycles. The van der Waals surface area contributed by atoms with E-state index in [1.165, 1.54) is 5.57 Å². The van der Waals surface area contributed by atoms with Crippen molar-refractivity contribution in [3.05, 3.63) is 53.2 Å². The van der Waals surface area contributed by atoms with Crippen LogP contribution < -0.4 is 11.1 Å². The number of nitrogens with zero attached hydrogens (tertiary/aromatic N) is 5. The van der Waals surface area contributed by atoms with Gasteiger partial charge in [0.25, 0.3) is 0 Å². The topological polar surface area (TPSA) is 107 Å². The molecule has 0 atom stereocenters. The van der Waals surface area contributed by atoms with E-state index in [1.54, 1.807) is 0 Å². The molecule has 3 aromatic heterocycles. The number of hydrogen-bond donors (Lipinski definition) is 2. The van der Waals surface area contributed by atoms with Gasteiger partial charge in [-0.25, -0.2) is 4.98 Å². The zero-order valence-electron chi connectivity index (χ0n) is 15.7. The summed E-state index contributed by atoms with van der Waals surface area (Å²) >= 11 is 0. The maximum absolute atomic E-state index is 5.86. The number of nitrogens with two attached hydrogens (primary N) is 1. The van der Waals surface area contributed by atoms with Crippen LogP contribution in [0, 0.1) is 6.92 Å². The Kier molecular flexibility index (Phi) is 5.35. The first-order chi connectivity index (χ1) is 13.0. The predicted octanol–water partition coefficient (Wildman–Crippen LogP) is 3.47. The van der Waals surface area contributed by atoms with E-state index in [9.17, 15) is 0 Å². The molecule has 0 fully saturated rings. The van der Waals surface area contributed by atoms with Crippen LogP contribution in [0.15, 0.2) is 51.3 Å². The van der Waals surface area contributed by atoms with E-state index >= 15 is 0 Å². The van der Waals surface area contributed by atoms with E-state index in [0.717, 1.165) is 28.2 Å². The summed E-state index contributed by atoms with van der Waals surface area (Å²) in [5.74, 6) is 1.60. The zero-order valence-corrected chi connectivity index (χ0v) is 15.7. The van der Waals surface area contributed by atoms with Crippen molar-refractivity contribution >= 4 is 29.5 Å². The van der Waals surface area contributed by atoms with Crippen molar-refractivity contribution in [2.75, 3.05) is 11.1 Å². The van der Waals surface area contributed by atoms with Crippen molar-refractivity contribution in [2.45, 2.75) is 33.9 Å². The number of aliphatic imine (C=N–C) groups is 1. The maximum atomic E-state index is 5.86. The van der Waals surface area contributed by atoms with Gasteiger partial charge < -0.3 is 20.1 Å². The van der Waals surface area contributed by atoms with Crippen LogP contribution >= 0.6 is 0 Å². The first-order valence-electron chi connectivity index (χ1n) is 8.55. The molecule has 8 heteroatoms. The highest BCUT2D eigenvalue weighted by molar-refractivity contribution is 5.87. The van der Waals surface area contributed by atoms with Gasteiger partial charge in [-0.05, 0) is 39.6 Å². The summed E-state index contributed by atoms with van der Waals surface area (Å²) in [4.78, 5) is 12.8. The molecular formula is C19H23N7O. The number of nitrogens with one attached hydrogen (secondary N) is 1. The molecule has 0 amide bonds. The number of anilines is 2. The number of nitrogen functional groups attached to an aromatic ring is 1. The number of rotatable bonds is 7. The van der Waals surface area contributed by atoms with Gasteiger partial charge in [0.15, 0.2) is 5.82 Å². The summed E-state index contributed by atoms with van der Waals surface area (Å²) in [6, 6.07) is 3.77. The number of hydrogen-bond acceptors (Lipinski definition) is 7. The lowest BCUT2D eigenvalue weighted by atomic mass is 10.3.